The molecule has 1 fully saturated rings. The molecule has 2 unspecified atom stereocenters. The standard InChI is InChI=1S/C12H15ClN2O2/c1-8(11-3-2-6-17-11)15-12(16)9-7-14-5-4-10(9)13/h4-5,7-8,11H,2-3,6H2,1H3,(H,15,16). The number of rotatable bonds is 3. The molecule has 2 heterocycles. The number of nitrogens with one attached hydrogen (secondary N) is 1. The minimum absolute atomic E-state index is 0.0127. The fourth-order valence-corrected chi connectivity index (χ4v) is 2.11. The van der Waals surface area contributed by atoms with Gasteiger partial charge in [-0.3, -0.25) is 9.78 Å². The molecular formula is C12H15ClN2O2. The van der Waals surface area contributed by atoms with Crippen LogP contribution in [0.5, 0.6) is 0 Å². The Bertz CT molecular complexity index is 405. The van der Waals surface area contributed by atoms with Crippen LogP contribution >= 0.6 is 11.6 Å². The van der Waals surface area contributed by atoms with Gasteiger partial charge in [0, 0.05) is 19.0 Å². The molecule has 1 aromatic rings. The second-order valence-electron chi connectivity index (χ2n) is 4.17. The third-order valence-corrected chi connectivity index (χ3v) is 3.22. The fourth-order valence-electron chi connectivity index (χ4n) is 1.92. The highest BCUT2D eigenvalue weighted by molar-refractivity contribution is 6.33. The zero-order chi connectivity index (χ0) is 12.3. The van der Waals surface area contributed by atoms with Crippen LogP contribution in [0, 0.1) is 0 Å². The molecule has 1 saturated heterocycles. The molecule has 2 rings (SSSR count). The first-order valence-corrected chi connectivity index (χ1v) is 6.08. The number of carbonyl (C=O) groups excluding carboxylic acids is 1. The molecule has 0 bridgehead atoms. The Morgan fingerprint density at radius 2 is 2.53 bits per heavy atom. The summed E-state index contributed by atoms with van der Waals surface area (Å²) in [6.45, 7) is 2.72. The van der Waals surface area contributed by atoms with E-state index in [2.05, 4.69) is 10.3 Å². The van der Waals surface area contributed by atoms with Gasteiger partial charge in [-0.05, 0) is 25.8 Å². The third kappa shape index (κ3) is 2.96. The summed E-state index contributed by atoms with van der Waals surface area (Å²) in [5.41, 5.74) is 0.402. The summed E-state index contributed by atoms with van der Waals surface area (Å²) in [6, 6.07) is 1.59. The minimum Gasteiger partial charge on any atom is -0.376 e. The van der Waals surface area contributed by atoms with Crippen LogP contribution in [-0.2, 0) is 4.74 Å². The molecule has 17 heavy (non-hydrogen) atoms. The van der Waals surface area contributed by atoms with Crippen molar-refractivity contribution in [2.24, 2.45) is 0 Å². The average molecular weight is 255 g/mol. The van der Waals surface area contributed by atoms with Gasteiger partial charge in [-0.1, -0.05) is 11.6 Å². The molecule has 92 valence electrons. The van der Waals surface area contributed by atoms with Crippen molar-refractivity contribution in [3.8, 4) is 0 Å². The summed E-state index contributed by atoms with van der Waals surface area (Å²) >= 11 is 5.93. The van der Waals surface area contributed by atoms with Crippen LogP contribution < -0.4 is 5.32 Å². The summed E-state index contributed by atoms with van der Waals surface area (Å²) in [5, 5.41) is 3.30. The third-order valence-electron chi connectivity index (χ3n) is 2.89. The molecule has 0 spiro atoms. The summed E-state index contributed by atoms with van der Waals surface area (Å²) < 4.78 is 5.52. The lowest BCUT2D eigenvalue weighted by molar-refractivity contribution is 0.0712. The topological polar surface area (TPSA) is 51.2 Å². The van der Waals surface area contributed by atoms with Gasteiger partial charge in [0.05, 0.1) is 22.7 Å². The first kappa shape index (κ1) is 12.3. The number of carbonyl (C=O) groups is 1. The Hall–Kier alpha value is -1.13. The van der Waals surface area contributed by atoms with Gasteiger partial charge in [-0.15, -0.1) is 0 Å². The predicted molar refractivity (Wildman–Crippen MR) is 65.1 cm³/mol. The van der Waals surface area contributed by atoms with Crippen molar-refractivity contribution >= 4 is 17.5 Å². The Morgan fingerprint density at radius 3 is 3.18 bits per heavy atom. The number of pyridine rings is 1. The quantitative estimate of drug-likeness (QED) is 0.898. The number of hydrogen-bond donors (Lipinski definition) is 1. The molecule has 0 aliphatic carbocycles. The Kier molecular flexibility index (Phi) is 3.97. The summed E-state index contributed by atoms with van der Waals surface area (Å²) in [4.78, 5) is 15.8. The number of ether oxygens (including phenoxy) is 1. The number of amides is 1. The van der Waals surface area contributed by atoms with Gasteiger partial charge in [-0.25, -0.2) is 0 Å². The van der Waals surface area contributed by atoms with Crippen molar-refractivity contribution in [3.63, 3.8) is 0 Å². The van der Waals surface area contributed by atoms with E-state index in [1.807, 2.05) is 6.92 Å². The molecule has 1 N–H and O–H groups in total. The molecular weight excluding hydrogens is 240 g/mol. The summed E-state index contributed by atoms with van der Waals surface area (Å²) in [6.07, 6.45) is 5.18. The van der Waals surface area contributed by atoms with Crippen molar-refractivity contribution in [1.82, 2.24) is 10.3 Å². The normalized spacial score (nSPS) is 21.2. The van der Waals surface area contributed by atoms with E-state index in [4.69, 9.17) is 16.3 Å². The van der Waals surface area contributed by atoms with Crippen molar-refractivity contribution in [3.05, 3.63) is 29.0 Å². The number of aromatic nitrogens is 1. The molecule has 0 radical (unpaired) electrons. The van der Waals surface area contributed by atoms with Gasteiger partial charge in [0.15, 0.2) is 0 Å². The zero-order valence-corrected chi connectivity index (χ0v) is 10.4. The van der Waals surface area contributed by atoms with E-state index >= 15 is 0 Å². The maximum absolute atomic E-state index is 11.9. The van der Waals surface area contributed by atoms with E-state index in [0.717, 1.165) is 19.4 Å². The SMILES string of the molecule is CC(NC(=O)c1cnccc1Cl)C1CCCO1. The van der Waals surface area contributed by atoms with E-state index in [1.54, 1.807) is 12.3 Å². The van der Waals surface area contributed by atoms with E-state index in [9.17, 15) is 4.79 Å². The smallest absolute Gasteiger partial charge is 0.254 e. The summed E-state index contributed by atoms with van der Waals surface area (Å²) in [7, 11) is 0. The molecule has 2 atom stereocenters. The first-order valence-electron chi connectivity index (χ1n) is 5.70. The number of halogens is 1. The predicted octanol–water partition coefficient (Wildman–Crippen LogP) is 2.03. The molecule has 1 aromatic heterocycles. The van der Waals surface area contributed by atoms with Gasteiger partial charge in [0.1, 0.15) is 0 Å². The second kappa shape index (κ2) is 5.47. The molecule has 1 amide bonds. The number of nitrogens with zero attached hydrogens (tertiary/aromatic N) is 1. The first-order chi connectivity index (χ1) is 8.18. The van der Waals surface area contributed by atoms with Crippen LogP contribution in [0.25, 0.3) is 0 Å². The van der Waals surface area contributed by atoms with Crippen LogP contribution in [0.3, 0.4) is 0 Å². The highest BCUT2D eigenvalue weighted by Crippen LogP contribution is 2.17. The summed E-state index contributed by atoms with van der Waals surface area (Å²) in [5.74, 6) is -0.203. The van der Waals surface area contributed by atoms with Crippen LogP contribution in [0.2, 0.25) is 5.02 Å². The Morgan fingerprint density at radius 1 is 1.71 bits per heavy atom. The van der Waals surface area contributed by atoms with Crippen molar-refractivity contribution in [2.45, 2.75) is 31.9 Å². The second-order valence-corrected chi connectivity index (χ2v) is 4.58. The molecule has 1 aliphatic heterocycles. The largest absolute Gasteiger partial charge is 0.376 e. The van der Waals surface area contributed by atoms with E-state index in [0.29, 0.717) is 10.6 Å². The molecule has 0 aromatic carbocycles. The molecule has 4 nitrogen and oxygen atoms in total. The van der Waals surface area contributed by atoms with Crippen LogP contribution in [0.15, 0.2) is 18.5 Å². The lowest BCUT2D eigenvalue weighted by Crippen LogP contribution is -2.40. The van der Waals surface area contributed by atoms with Crippen LogP contribution in [-0.4, -0.2) is 29.6 Å². The maximum atomic E-state index is 11.9. The maximum Gasteiger partial charge on any atom is 0.254 e. The van der Waals surface area contributed by atoms with Gasteiger partial charge in [0.25, 0.3) is 5.91 Å². The van der Waals surface area contributed by atoms with E-state index < -0.39 is 0 Å². The number of hydrogen-bond acceptors (Lipinski definition) is 3. The van der Waals surface area contributed by atoms with Crippen LogP contribution in [0.1, 0.15) is 30.1 Å². The lowest BCUT2D eigenvalue weighted by Gasteiger charge is -2.20. The Labute approximate surface area is 105 Å². The monoisotopic (exact) mass is 254 g/mol. The van der Waals surface area contributed by atoms with Crippen LogP contribution in [0.4, 0.5) is 0 Å². The van der Waals surface area contributed by atoms with E-state index in [-0.39, 0.29) is 18.1 Å². The van der Waals surface area contributed by atoms with Crippen molar-refractivity contribution in [1.29, 1.82) is 0 Å². The van der Waals surface area contributed by atoms with Gasteiger partial charge in [0.2, 0.25) is 0 Å². The minimum atomic E-state index is -0.203. The lowest BCUT2D eigenvalue weighted by atomic mass is 10.1. The van der Waals surface area contributed by atoms with Crippen molar-refractivity contribution < 1.29 is 9.53 Å². The molecule has 1 aliphatic rings. The van der Waals surface area contributed by atoms with Gasteiger partial charge < -0.3 is 10.1 Å². The van der Waals surface area contributed by atoms with Gasteiger partial charge in [-0.2, -0.15) is 0 Å². The van der Waals surface area contributed by atoms with Crippen molar-refractivity contribution in [2.75, 3.05) is 6.61 Å². The van der Waals surface area contributed by atoms with Gasteiger partial charge >= 0.3 is 0 Å². The fraction of sp³-hybridized carbons (Fsp3) is 0.500. The Balaban J connectivity index is 1.99. The zero-order valence-electron chi connectivity index (χ0n) is 9.65. The highest BCUT2D eigenvalue weighted by atomic mass is 35.5. The van der Waals surface area contributed by atoms with E-state index in [1.165, 1.54) is 6.20 Å². The highest BCUT2D eigenvalue weighted by Gasteiger charge is 2.24. The average Bonchev–Trinajstić information content (AvgIpc) is 2.82. The molecule has 0 saturated carbocycles. The molecule has 5 heteroatoms.